The van der Waals surface area contributed by atoms with Gasteiger partial charge in [0.15, 0.2) is 0 Å². The number of aryl methyl sites for hydroxylation is 1. The monoisotopic (exact) mass is 437 g/mol. The average molecular weight is 438 g/mol. The van der Waals surface area contributed by atoms with Crippen LogP contribution in [0.3, 0.4) is 0 Å². The fourth-order valence-electron chi connectivity index (χ4n) is 4.24. The van der Waals surface area contributed by atoms with Gasteiger partial charge in [0.1, 0.15) is 5.82 Å². The van der Waals surface area contributed by atoms with Crippen LogP contribution in [0.4, 0.5) is 0 Å². The van der Waals surface area contributed by atoms with Gasteiger partial charge in [-0.1, -0.05) is 30.3 Å². The van der Waals surface area contributed by atoms with E-state index in [9.17, 15) is 9.59 Å². The largest absolute Gasteiger partial charge is 0.379 e. The van der Waals surface area contributed by atoms with Crippen molar-refractivity contribution < 1.29 is 14.3 Å². The van der Waals surface area contributed by atoms with Gasteiger partial charge in [0.05, 0.1) is 31.0 Å². The van der Waals surface area contributed by atoms with Crippen LogP contribution < -0.4 is 5.32 Å². The number of benzene rings is 1. The van der Waals surface area contributed by atoms with Gasteiger partial charge >= 0.3 is 0 Å². The average Bonchev–Trinajstić information content (AvgIpc) is 2.84. The zero-order valence-corrected chi connectivity index (χ0v) is 18.6. The lowest BCUT2D eigenvalue weighted by Gasteiger charge is -2.34. The molecule has 2 saturated heterocycles. The Bertz CT molecular complexity index is 930. The number of amides is 2. The minimum absolute atomic E-state index is 0.0949. The van der Waals surface area contributed by atoms with Gasteiger partial charge in [-0.2, -0.15) is 0 Å². The van der Waals surface area contributed by atoms with Crippen LogP contribution in [0.1, 0.15) is 46.2 Å². The molecular formula is C24H31N5O3. The van der Waals surface area contributed by atoms with Crippen LogP contribution in [-0.4, -0.2) is 77.5 Å². The highest BCUT2D eigenvalue weighted by atomic mass is 16.5. The maximum atomic E-state index is 12.8. The Morgan fingerprint density at radius 1 is 1.16 bits per heavy atom. The second-order valence-electron chi connectivity index (χ2n) is 8.46. The van der Waals surface area contributed by atoms with Gasteiger partial charge in [-0.15, -0.1) is 0 Å². The Kier molecular flexibility index (Phi) is 7.44. The van der Waals surface area contributed by atoms with Crippen molar-refractivity contribution in [3.8, 4) is 0 Å². The number of rotatable bonds is 6. The molecule has 8 nitrogen and oxygen atoms in total. The minimum atomic E-state index is -0.177. The third kappa shape index (κ3) is 5.69. The van der Waals surface area contributed by atoms with Crippen LogP contribution in [-0.2, 0) is 16.1 Å². The van der Waals surface area contributed by atoms with Crippen LogP contribution in [0.5, 0.6) is 0 Å². The van der Waals surface area contributed by atoms with E-state index in [1.165, 1.54) is 0 Å². The lowest BCUT2D eigenvalue weighted by Crippen LogP contribution is -2.47. The zero-order valence-electron chi connectivity index (χ0n) is 18.6. The van der Waals surface area contributed by atoms with E-state index in [1.54, 1.807) is 6.20 Å². The van der Waals surface area contributed by atoms with Crippen molar-refractivity contribution in [3.05, 3.63) is 59.2 Å². The number of piperidine rings is 1. The molecule has 0 bridgehead atoms. The first-order valence-electron chi connectivity index (χ1n) is 11.3. The number of carbonyl (C=O) groups excluding carboxylic acids is 2. The van der Waals surface area contributed by atoms with E-state index in [0.717, 1.165) is 38.0 Å². The molecule has 0 radical (unpaired) electrons. The molecule has 2 aliphatic heterocycles. The third-order valence-corrected chi connectivity index (χ3v) is 6.14. The summed E-state index contributed by atoms with van der Waals surface area (Å²) >= 11 is 0. The van der Waals surface area contributed by atoms with E-state index in [0.29, 0.717) is 49.9 Å². The molecule has 2 aliphatic rings. The topological polar surface area (TPSA) is 87.7 Å². The van der Waals surface area contributed by atoms with E-state index >= 15 is 0 Å². The molecule has 170 valence electrons. The Morgan fingerprint density at radius 2 is 1.94 bits per heavy atom. The summed E-state index contributed by atoms with van der Waals surface area (Å²) in [6.45, 7) is 7.13. The van der Waals surface area contributed by atoms with E-state index in [4.69, 9.17) is 4.74 Å². The molecule has 0 unspecified atom stereocenters. The Labute approximate surface area is 189 Å². The van der Waals surface area contributed by atoms with E-state index in [-0.39, 0.29) is 17.7 Å². The molecular weight excluding hydrogens is 406 g/mol. The number of hydrogen-bond acceptors (Lipinski definition) is 6. The van der Waals surface area contributed by atoms with Crippen molar-refractivity contribution in [3.63, 3.8) is 0 Å². The van der Waals surface area contributed by atoms with Crippen LogP contribution in [0, 0.1) is 6.92 Å². The lowest BCUT2D eigenvalue weighted by molar-refractivity contribution is -0.134. The fourth-order valence-corrected chi connectivity index (χ4v) is 4.24. The predicted molar refractivity (Wildman–Crippen MR) is 120 cm³/mol. The fraction of sp³-hybridized carbons (Fsp3) is 0.500. The summed E-state index contributed by atoms with van der Waals surface area (Å²) in [7, 11) is 0. The summed E-state index contributed by atoms with van der Waals surface area (Å²) in [5, 5.41) is 2.93. The smallest absolute Gasteiger partial charge is 0.254 e. The molecule has 0 spiro atoms. The first kappa shape index (κ1) is 22.4. The third-order valence-electron chi connectivity index (χ3n) is 6.14. The Balaban J connectivity index is 1.35. The molecule has 32 heavy (non-hydrogen) atoms. The predicted octanol–water partition coefficient (Wildman–Crippen LogP) is 1.75. The summed E-state index contributed by atoms with van der Waals surface area (Å²) in [4.78, 5) is 38.6. The van der Waals surface area contributed by atoms with Gasteiger partial charge < -0.3 is 15.0 Å². The van der Waals surface area contributed by atoms with Crippen molar-refractivity contribution in [1.29, 1.82) is 0 Å². The second kappa shape index (κ2) is 10.7. The molecule has 4 rings (SSSR count). The summed E-state index contributed by atoms with van der Waals surface area (Å²) in [5.41, 5.74) is 2.19. The second-order valence-corrected chi connectivity index (χ2v) is 8.46. The van der Waals surface area contributed by atoms with Crippen LogP contribution in [0.2, 0.25) is 0 Å². The summed E-state index contributed by atoms with van der Waals surface area (Å²) in [6.07, 6.45) is 3.49. The highest BCUT2D eigenvalue weighted by molar-refractivity contribution is 5.94. The van der Waals surface area contributed by atoms with Crippen molar-refractivity contribution in [1.82, 2.24) is 25.1 Å². The summed E-state index contributed by atoms with van der Waals surface area (Å²) < 4.78 is 5.37. The van der Waals surface area contributed by atoms with Crippen molar-refractivity contribution in [2.75, 3.05) is 45.9 Å². The number of morpholine rings is 1. The summed E-state index contributed by atoms with van der Waals surface area (Å²) in [6, 6.07) is 9.79. The Hall–Kier alpha value is -2.84. The minimum Gasteiger partial charge on any atom is -0.379 e. The lowest BCUT2D eigenvalue weighted by atomic mass is 9.96. The molecule has 0 aliphatic carbocycles. The van der Waals surface area contributed by atoms with Crippen LogP contribution in [0.25, 0.3) is 0 Å². The van der Waals surface area contributed by atoms with Crippen molar-refractivity contribution in [2.45, 2.75) is 32.2 Å². The molecule has 1 aromatic heterocycles. The number of nitrogens with zero attached hydrogens (tertiary/aromatic N) is 4. The first-order valence-corrected chi connectivity index (χ1v) is 11.3. The molecule has 0 saturated carbocycles. The van der Waals surface area contributed by atoms with E-state index in [2.05, 4.69) is 20.2 Å². The summed E-state index contributed by atoms with van der Waals surface area (Å²) in [5.74, 6) is 0.789. The highest BCUT2D eigenvalue weighted by Gasteiger charge is 2.28. The number of aromatic nitrogens is 2. The molecule has 8 heteroatoms. The van der Waals surface area contributed by atoms with Gasteiger partial charge in [-0.25, -0.2) is 9.97 Å². The zero-order chi connectivity index (χ0) is 22.3. The molecule has 1 N–H and O–H groups in total. The molecule has 2 amide bonds. The van der Waals surface area contributed by atoms with Gasteiger partial charge in [0.25, 0.3) is 5.91 Å². The van der Waals surface area contributed by atoms with Crippen LogP contribution in [0.15, 0.2) is 36.5 Å². The normalized spacial score (nSPS) is 19.5. The van der Waals surface area contributed by atoms with Crippen molar-refractivity contribution >= 4 is 11.8 Å². The number of likely N-dealkylation sites (tertiary alicyclic amines) is 1. The van der Waals surface area contributed by atoms with E-state index < -0.39 is 0 Å². The molecule has 2 fully saturated rings. The van der Waals surface area contributed by atoms with Crippen LogP contribution >= 0.6 is 0 Å². The van der Waals surface area contributed by atoms with E-state index in [1.807, 2.05) is 42.2 Å². The van der Waals surface area contributed by atoms with Crippen molar-refractivity contribution in [2.24, 2.45) is 0 Å². The molecule has 1 atom stereocenters. The SMILES string of the molecule is Cc1nc([C@@H]2CCCN(C(=O)CN3CCOCC3)C2)ncc1C(=O)NCc1ccccc1. The molecule has 2 aromatic rings. The Morgan fingerprint density at radius 3 is 2.69 bits per heavy atom. The van der Waals surface area contributed by atoms with Gasteiger partial charge in [-0.05, 0) is 25.3 Å². The highest BCUT2D eigenvalue weighted by Crippen LogP contribution is 2.25. The molecule has 1 aromatic carbocycles. The van der Waals surface area contributed by atoms with Gasteiger partial charge in [0, 0.05) is 44.8 Å². The number of carbonyl (C=O) groups is 2. The first-order chi connectivity index (χ1) is 15.6. The number of ether oxygens (including phenoxy) is 1. The van der Waals surface area contributed by atoms with Gasteiger partial charge in [-0.3, -0.25) is 14.5 Å². The number of nitrogens with one attached hydrogen (secondary N) is 1. The number of hydrogen-bond donors (Lipinski definition) is 1. The maximum absolute atomic E-state index is 12.8. The van der Waals surface area contributed by atoms with Gasteiger partial charge in [0.2, 0.25) is 5.91 Å². The maximum Gasteiger partial charge on any atom is 0.254 e. The quantitative estimate of drug-likeness (QED) is 0.741. The molecule has 3 heterocycles. The standard InChI is InChI=1S/C24H31N5O3/c1-18-21(24(31)26-14-19-6-3-2-4-7-19)15-25-23(27-18)20-8-5-9-29(16-20)22(30)17-28-10-12-32-13-11-28/h2-4,6-7,15,20H,5,8-14,16-17H2,1H3,(H,26,31)/t20-/m1/s1.